The zero-order chi connectivity index (χ0) is 33.3. The molecule has 3 heteroatoms. The maximum absolute atomic E-state index is 5.24. The predicted molar refractivity (Wildman–Crippen MR) is 207 cm³/mol. The number of benzene rings is 8. The summed E-state index contributed by atoms with van der Waals surface area (Å²) in [6.45, 7) is 0. The highest BCUT2D eigenvalue weighted by Gasteiger charge is 2.17. The Kier molecular flexibility index (Phi) is 7.49. The Morgan fingerprint density at radius 2 is 0.720 bits per heavy atom. The SMILES string of the molecule is c1ccc(-c2cc(-c3ccccc3)cc(-c3nc(-c4ccccc4)nc(-c4cccc5c(-c6ccc7ccccc7c6)cccc45)n3)c2)cc1. The van der Waals surface area contributed by atoms with E-state index in [4.69, 9.17) is 15.0 Å². The third-order valence-corrected chi connectivity index (χ3v) is 9.30. The van der Waals surface area contributed by atoms with Crippen molar-refractivity contribution in [3.8, 4) is 67.5 Å². The molecule has 0 aliphatic rings. The molecule has 234 valence electrons. The number of aromatic nitrogens is 3. The van der Waals surface area contributed by atoms with Crippen LogP contribution in [-0.2, 0) is 0 Å². The van der Waals surface area contributed by atoms with Gasteiger partial charge in [-0.1, -0.05) is 164 Å². The lowest BCUT2D eigenvalue weighted by Crippen LogP contribution is -2.01. The highest BCUT2D eigenvalue weighted by atomic mass is 15.0. The molecule has 9 rings (SSSR count). The first kappa shape index (κ1) is 29.4. The van der Waals surface area contributed by atoms with Gasteiger partial charge in [-0.15, -0.1) is 0 Å². The van der Waals surface area contributed by atoms with Crippen LogP contribution < -0.4 is 0 Å². The summed E-state index contributed by atoms with van der Waals surface area (Å²) in [5.41, 5.74) is 9.69. The van der Waals surface area contributed by atoms with E-state index in [0.29, 0.717) is 17.5 Å². The van der Waals surface area contributed by atoms with Gasteiger partial charge in [0.2, 0.25) is 0 Å². The van der Waals surface area contributed by atoms with Gasteiger partial charge in [-0.2, -0.15) is 0 Å². The van der Waals surface area contributed by atoms with Crippen LogP contribution in [0.4, 0.5) is 0 Å². The number of rotatable bonds is 6. The van der Waals surface area contributed by atoms with Crippen LogP contribution in [0.2, 0.25) is 0 Å². The molecular formula is C47H31N3. The van der Waals surface area contributed by atoms with Crippen LogP contribution in [0.25, 0.3) is 89.1 Å². The Morgan fingerprint density at radius 3 is 1.36 bits per heavy atom. The Labute approximate surface area is 291 Å². The topological polar surface area (TPSA) is 38.7 Å². The van der Waals surface area contributed by atoms with E-state index < -0.39 is 0 Å². The fraction of sp³-hybridized carbons (Fsp3) is 0. The lowest BCUT2D eigenvalue weighted by molar-refractivity contribution is 1.08. The molecule has 0 saturated heterocycles. The van der Waals surface area contributed by atoms with Gasteiger partial charge in [0.05, 0.1) is 0 Å². The largest absolute Gasteiger partial charge is 0.208 e. The van der Waals surface area contributed by atoms with E-state index in [1.54, 1.807) is 0 Å². The first-order valence-electron chi connectivity index (χ1n) is 16.9. The van der Waals surface area contributed by atoms with Crippen molar-refractivity contribution in [3.63, 3.8) is 0 Å². The summed E-state index contributed by atoms with van der Waals surface area (Å²) in [5.74, 6) is 1.91. The van der Waals surface area contributed by atoms with Crippen LogP contribution in [0.3, 0.4) is 0 Å². The van der Waals surface area contributed by atoms with Crippen LogP contribution >= 0.6 is 0 Å². The molecule has 3 nitrogen and oxygen atoms in total. The van der Waals surface area contributed by atoms with E-state index in [9.17, 15) is 0 Å². The van der Waals surface area contributed by atoms with Crippen molar-refractivity contribution in [1.29, 1.82) is 0 Å². The van der Waals surface area contributed by atoms with Crippen LogP contribution in [-0.4, -0.2) is 15.0 Å². The molecule has 9 aromatic rings. The lowest BCUT2D eigenvalue weighted by Gasteiger charge is -2.14. The zero-order valence-corrected chi connectivity index (χ0v) is 27.2. The maximum atomic E-state index is 5.24. The second-order valence-corrected chi connectivity index (χ2v) is 12.5. The monoisotopic (exact) mass is 637 g/mol. The third kappa shape index (κ3) is 5.61. The molecule has 0 unspecified atom stereocenters. The Morgan fingerprint density at radius 1 is 0.240 bits per heavy atom. The number of nitrogens with zero attached hydrogens (tertiary/aromatic N) is 3. The molecule has 0 radical (unpaired) electrons. The maximum Gasteiger partial charge on any atom is 0.164 e. The predicted octanol–water partition coefficient (Wildman–Crippen LogP) is 12.2. The first-order valence-corrected chi connectivity index (χ1v) is 16.9. The molecule has 50 heavy (non-hydrogen) atoms. The van der Waals surface area contributed by atoms with Gasteiger partial charge in [0.1, 0.15) is 0 Å². The number of fused-ring (bicyclic) bond motifs is 2. The minimum Gasteiger partial charge on any atom is -0.208 e. The minimum absolute atomic E-state index is 0.631. The standard InChI is InChI=1S/C47H31N3/c1-4-14-32(15-5-1)38-29-39(33-16-6-2-7-17-33)31-40(30-38)46-48-45(35-19-8-3-9-20-35)49-47(50-46)44-25-13-23-42-41(22-12-24-43(42)44)37-27-26-34-18-10-11-21-36(34)28-37/h1-31H. The van der Waals surface area contributed by atoms with Gasteiger partial charge < -0.3 is 0 Å². The van der Waals surface area contributed by atoms with Crippen molar-refractivity contribution in [2.45, 2.75) is 0 Å². The van der Waals surface area contributed by atoms with Gasteiger partial charge in [-0.05, 0) is 79.2 Å². The minimum atomic E-state index is 0.631. The molecule has 0 fully saturated rings. The Bertz CT molecular complexity index is 2570. The van der Waals surface area contributed by atoms with Crippen molar-refractivity contribution in [1.82, 2.24) is 15.0 Å². The molecule has 0 atom stereocenters. The summed E-state index contributed by atoms with van der Waals surface area (Å²) >= 11 is 0. The first-order chi connectivity index (χ1) is 24.8. The summed E-state index contributed by atoms with van der Waals surface area (Å²) in [6.07, 6.45) is 0. The van der Waals surface area contributed by atoms with Gasteiger partial charge in [0.15, 0.2) is 17.5 Å². The fourth-order valence-corrected chi connectivity index (χ4v) is 6.81. The Balaban J connectivity index is 1.25. The van der Waals surface area contributed by atoms with Gasteiger partial charge in [0, 0.05) is 16.7 Å². The van der Waals surface area contributed by atoms with E-state index in [0.717, 1.165) is 49.7 Å². The van der Waals surface area contributed by atoms with E-state index in [1.807, 2.05) is 30.3 Å². The molecule has 1 aromatic heterocycles. The summed E-state index contributed by atoms with van der Waals surface area (Å²) in [5, 5.41) is 4.70. The molecule has 8 aromatic carbocycles. The van der Waals surface area contributed by atoms with Crippen molar-refractivity contribution in [2.75, 3.05) is 0 Å². The molecule has 0 spiro atoms. The molecule has 0 N–H and O–H groups in total. The molecule has 0 aliphatic carbocycles. The second kappa shape index (κ2) is 12.7. The average Bonchev–Trinajstić information content (AvgIpc) is 3.21. The highest BCUT2D eigenvalue weighted by Crippen LogP contribution is 2.37. The summed E-state index contributed by atoms with van der Waals surface area (Å²) in [7, 11) is 0. The molecule has 0 bridgehead atoms. The van der Waals surface area contributed by atoms with E-state index >= 15 is 0 Å². The van der Waals surface area contributed by atoms with Gasteiger partial charge >= 0.3 is 0 Å². The summed E-state index contributed by atoms with van der Waals surface area (Å²) < 4.78 is 0. The van der Waals surface area contributed by atoms with E-state index in [-0.39, 0.29) is 0 Å². The second-order valence-electron chi connectivity index (χ2n) is 12.5. The van der Waals surface area contributed by atoms with Gasteiger partial charge in [-0.3, -0.25) is 0 Å². The molecule has 0 aliphatic heterocycles. The van der Waals surface area contributed by atoms with E-state index in [1.165, 1.54) is 21.9 Å². The van der Waals surface area contributed by atoms with Crippen molar-refractivity contribution >= 4 is 21.5 Å². The van der Waals surface area contributed by atoms with Crippen molar-refractivity contribution in [3.05, 3.63) is 188 Å². The molecular weight excluding hydrogens is 607 g/mol. The summed E-state index contributed by atoms with van der Waals surface area (Å²) in [6, 6.07) is 65.9. The van der Waals surface area contributed by atoms with Crippen LogP contribution in [0.1, 0.15) is 0 Å². The quantitative estimate of drug-likeness (QED) is 0.182. The smallest absolute Gasteiger partial charge is 0.164 e. The molecule has 0 saturated carbocycles. The summed E-state index contributed by atoms with van der Waals surface area (Å²) in [4.78, 5) is 15.5. The number of hydrogen-bond acceptors (Lipinski definition) is 3. The normalized spacial score (nSPS) is 11.2. The van der Waals surface area contributed by atoms with Crippen molar-refractivity contribution in [2.24, 2.45) is 0 Å². The van der Waals surface area contributed by atoms with Crippen molar-refractivity contribution < 1.29 is 0 Å². The average molecular weight is 638 g/mol. The Hall–Kier alpha value is -6.71. The van der Waals surface area contributed by atoms with E-state index in [2.05, 4.69) is 158 Å². The molecule has 1 heterocycles. The van der Waals surface area contributed by atoms with Crippen LogP contribution in [0.5, 0.6) is 0 Å². The zero-order valence-electron chi connectivity index (χ0n) is 27.2. The third-order valence-electron chi connectivity index (χ3n) is 9.30. The van der Waals surface area contributed by atoms with Gasteiger partial charge in [0.25, 0.3) is 0 Å². The number of hydrogen-bond donors (Lipinski definition) is 0. The fourth-order valence-electron chi connectivity index (χ4n) is 6.81. The lowest BCUT2D eigenvalue weighted by atomic mass is 9.94. The highest BCUT2D eigenvalue weighted by molar-refractivity contribution is 6.04. The molecule has 0 amide bonds. The van der Waals surface area contributed by atoms with Crippen LogP contribution in [0.15, 0.2) is 188 Å². The van der Waals surface area contributed by atoms with Gasteiger partial charge in [-0.25, -0.2) is 15.0 Å². The van der Waals surface area contributed by atoms with Crippen LogP contribution in [0, 0.1) is 0 Å².